The average molecular weight is 451 g/mol. The summed E-state index contributed by atoms with van der Waals surface area (Å²) in [5.74, 6) is 7.25. The van der Waals surface area contributed by atoms with Crippen molar-refractivity contribution in [3.8, 4) is 11.8 Å². The fraction of sp³-hybridized carbons (Fsp3) is 0.462. The molecule has 1 saturated heterocycles. The van der Waals surface area contributed by atoms with E-state index in [-0.39, 0.29) is 24.6 Å². The van der Waals surface area contributed by atoms with E-state index >= 15 is 0 Å². The number of hydrogen-bond acceptors (Lipinski definition) is 4. The number of benzene rings is 2. The van der Waals surface area contributed by atoms with Crippen molar-refractivity contribution in [1.29, 1.82) is 0 Å². The Kier molecular flexibility index (Phi) is 5.75. The van der Waals surface area contributed by atoms with Gasteiger partial charge in [0.1, 0.15) is 0 Å². The van der Waals surface area contributed by atoms with Gasteiger partial charge in [-0.2, -0.15) is 4.31 Å². The number of aliphatic hydroxyl groups excluding tert-OH is 1. The van der Waals surface area contributed by atoms with Crippen LogP contribution in [-0.2, 0) is 10.0 Å². The van der Waals surface area contributed by atoms with Crippen LogP contribution >= 0.6 is 0 Å². The molecule has 2 aromatic carbocycles. The first-order valence-corrected chi connectivity index (χ1v) is 13.0. The number of sulfonamides is 1. The van der Waals surface area contributed by atoms with E-state index in [1.165, 1.54) is 25.7 Å². The SMILES string of the molecule is Cc1cccc(S(=O)(=O)N2CC[C@@H]3[C@H](CO)Nc4ccc(C#CC5CCCC5)cc4[C@@H]32)c1. The van der Waals surface area contributed by atoms with Gasteiger partial charge in [0.25, 0.3) is 0 Å². The molecule has 0 radical (unpaired) electrons. The van der Waals surface area contributed by atoms with Crippen LogP contribution in [-0.4, -0.2) is 37.0 Å². The fourth-order valence-corrected chi connectivity index (χ4v) is 7.31. The van der Waals surface area contributed by atoms with Crippen molar-refractivity contribution in [1.82, 2.24) is 4.31 Å². The van der Waals surface area contributed by atoms with Crippen LogP contribution in [0.4, 0.5) is 5.69 Å². The number of fused-ring (bicyclic) bond motifs is 3. The predicted molar refractivity (Wildman–Crippen MR) is 126 cm³/mol. The lowest BCUT2D eigenvalue weighted by molar-refractivity contribution is 0.210. The summed E-state index contributed by atoms with van der Waals surface area (Å²) in [7, 11) is -3.66. The Morgan fingerprint density at radius 3 is 2.69 bits per heavy atom. The lowest BCUT2D eigenvalue weighted by atomic mass is 9.83. The fourth-order valence-electron chi connectivity index (χ4n) is 5.53. The molecule has 32 heavy (non-hydrogen) atoms. The minimum atomic E-state index is -3.66. The van der Waals surface area contributed by atoms with Crippen LogP contribution in [0, 0.1) is 30.6 Å². The second-order valence-corrected chi connectivity index (χ2v) is 11.2. The van der Waals surface area contributed by atoms with Gasteiger partial charge >= 0.3 is 0 Å². The first-order chi connectivity index (χ1) is 15.5. The Balaban J connectivity index is 1.54. The smallest absolute Gasteiger partial charge is 0.243 e. The zero-order valence-electron chi connectivity index (χ0n) is 18.4. The molecule has 2 aliphatic heterocycles. The zero-order chi connectivity index (χ0) is 22.3. The number of nitrogens with zero attached hydrogens (tertiary/aromatic N) is 1. The molecule has 0 unspecified atom stereocenters. The summed E-state index contributed by atoms with van der Waals surface area (Å²) in [4.78, 5) is 0.330. The maximum absolute atomic E-state index is 13.6. The predicted octanol–water partition coefficient (Wildman–Crippen LogP) is 4.08. The third-order valence-corrected chi connectivity index (χ3v) is 9.07. The number of nitrogens with one attached hydrogen (secondary N) is 1. The summed E-state index contributed by atoms with van der Waals surface area (Å²) in [5.41, 5.74) is 3.71. The van der Waals surface area contributed by atoms with Gasteiger partial charge in [-0.3, -0.25) is 0 Å². The van der Waals surface area contributed by atoms with E-state index in [0.717, 1.165) is 22.4 Å². The third-order valence-electron chi connectivity index (χ3n) is 7.20. The lowest BCUT2D eigenvalue weighted by Crippen LogP contribution is -2.42. The van der Waals surface area contributed by atoms with Crippen LogP contribution in [0.25, 0.3) is 0 Å². The maximum Gasteiger partial charge on any atom is 0.243 e. The molecular weight excluding hydrogens is 420 g/mol. The molecule has 2 heterocycles. The van der Waals surface area contributed by atoms with E-state index in [1.807, 2.05) is 25.1 Å². The highest BCUT2D eigenvalue weighted by molar-refractivity contribution is 7.89. The quantitative estimate of drug-likeness (QED) is 0.692. The Morgan fingerprint density at radius 2 is 1.94 bits per heavy atom. The van der Waals surface area contributed by atoms with Gasteiger partial charge in [-0.1, -0.05) is 36.8 Å². The topological polar surface area (TPSA) is 69.6 Å². The highest BCUT2D eigenvalue weighted by Gasteiger charge is 2.48. The van der Waals surface area contributed by atoms with Gasteiger partial charge in [0.2, 0.25) is 10.0 Å². The summed E-state index contributed by atoms with van der Waals surface area (Å²) in [6, 6.07) is 12.7. The van der Waals surface area contributed by atoms with Gasteiger partial charge in [-0.15, -0.1) is 0 Å². The van der Waals surface area contributed by atoms with E-state index in [4.69, 9.17) is 0 Å². The Morgan fingerprint density at radius 1 is 1.12 bits per heavy atom. The Hall–Kier alpha value is -2.33. The van der Waals surface area contributed by atoms with Crippen LogP contribution in [0.1, 0.15) is 54.8 Å². The van der Waals surface area contributed by atoms with Crippen LogP contribution in [0.5, 0.6) is 0 Å². The van der Waals surface area contributed by atoms with Crippen molar-refractivity contribution < 1.29 is 13.5 Å². The third kappa shape index (κ3) is 3.83. The number of aryl methyl sites for hydroxylation is 1. The highest BCUT2D eigenvalue weighted by Crippen LogP contribution is 2.48. The minimum absolute atomic E-state index is 0.0186. The van der Waals surface area contributed by atoms with Gasteiger partial charge in [-0.25, -0.2) is 8.42 Å². The summed E-state index contributed by atoms with van der Waals surface area (Å²) < 4.78 is 28.9. The highest BCUT2D eigenvalue weighted by atomic mass is 32.2. The van der Waals surface area contributed by atoms with Gasteiger partial charge in [0, 0.05) is 29.6 Å². The van der Waals surface area contributed by atoms with Crippen LogP contribution in [0.15, 0.2) is 47.4 Å². The van der Waals surface area contributed by atoms with Crippen molar-refractivity contribution in [2.24, 2.45) is 11.8 Å². The molecule has 0 spiro atoms. The van der Waals surface area contributed by atoms with E-state index in [1.54, 1.807) is 22.5 Å². The molecule has 1 saturated carbocycles. The molecule has 3 atom stereocenters. The van der Waals surface area contributed by atoms with Crippen molar-refractivity contribution in [2.75, 3.05) is 18.5 Å². The molecule has 0 aromatic heterocycles. The Labute approximate surface area is 190 Å². The molecule has 2 N–H and O–H groups in total. The second-order valence-electron chi connectivity index (χ2n) is 9.32. The summed E-state index contributed by atoms with van der Waals surface area (Å²) in [5, 5.41) is 13.5. The number of rotatable bonds is 3. The number of anilines is 1. The maximum atomic E-state index is 13.6. The average Bonchev–Trinajstić information content (AvgIpc) is 3.47. The molecule has 3 aliphatic rings. The summed E-state index contributed by atoms with van der Waals surface area (Å²) in [6.07, 6.45) is 5.57. The Bertz CT molecular complexity index is 1180. The second kappa shape index (κ2) is 8.55. The minimum Gasteiger partial charge on any atom is -0.394 e. The molecule has 2 fully saturated rings. The van der Waals surface area contributed by atoms with E-state index in [9.17, 15) is 13.5 Å². The lowest BCUT2D eigenvalue weighted by Gasteiger charge is -2.38. The molecule has 6 heteroatoms. The van der Waals surface area contributed by atoms with Crippen LogP contribution < -0.4 is 5.32 Å². The molecule has 168 valence electrons. The first-order valence-electron chi connectivity index (χ1n) is 11.6. The van der Waals surface area contributed by atoms with Gasteiger partial charge in [0.15, 0.2) is 0 Å². The number of hydrogen-bond donors (Lipinski definition) is 2. The van der Waals surface area contributed by atoms with Crippen molar-refractivity contribution >= 4 is 15.7 Å². The standard InChI is InChI=1S/C26H30N2O3S/c1-18-5-4-8-21(15-18)32(30,31)28-14-13-22-25(17-29)27-24-12-11-20(16-23(24)26(22)28)10-9-19-6-2-3-7-19/h4-5,8,11-12,15-16,19,22,25-27,29H,2-3,6-7,13-14,17H2,1H3/t22-,25+,26-/m1/s1. The van der Waals surface area contributed by atoms with Crippen LogP contribution in [0.2, 0.25) is 0 Å². The van der Waals surface area contributed by atoms with Gasteiger partial charge in [-0.05, 0) is 67.6 Å². The molecule has 0 amide bonds. The van der Waals surface area contributed by atoms with Crippen LogP contribution in [0.3, 0.4) is 0 Å². The monoisotopic (exact) mass is 450 g/mol. The molecular formula is C26H30N2O3S. The van der Waals surface area contributed by atoms with Crippen molar-refractivity contribution in [3.05, 3.63) is 59.2 Å². The molecule has 2 aromatic rings. The van der Waals surface area contributed by atoms with Gasteiger partial charge < -0.3 is 10.4 Å². The molecule has 5 nitrogen and oxygen atoms in total. The molecule has 1 aliphatic carbocycles. The van der Waals surface area contributed by atoms with E-state index in [0.29, 0.717) is 23.8 Å². The zero-order valence-corrected chi connectivity index (χ0v) is 19.2. The summed E-state index contributed by atoms with van der Waals surface area (Å²) >= 11 is 0. The van der Waals surface area contributed by atoms with E-state index < -0.39 is 10.0 Å². The molecule has 0 bridgehead atoms. The number of aliphatic hydroxyl groups is 1. The molecule has 5 rings (SSSR count). The normalized spacial score (nSPS) is 25.5. The van der Waals surface area contributed by atoms with Gasteiger partial charge in [0.05, 0.1) is 23.6 Å². The van der Waals surface area contributed by atoms with E-state index in [2.05, 4.69) is 23.2 Å². The van der Waals surface area contributed by atoms with Crippen molar-refractivity contribution in [3.63, 3.8) is 0 Å². The summed E-state index contributed by atoms with van der Waals surface area (Å²) in [6.45, 7) is 2.33. The van der Waals surface area contributed by atoms with Crippen molar-refractivity contribution in [2.45, 2.75) is 56.0 Å². The largest absolute Gasteiger partial charge is 0.394 e. The first kappa shape index (κ1) is 21.5.